The monoisotopic (exact) mass is 448 g/mol. The number of likely N-dealkylation sites (N-methyl/N-ethyl adjacent to an activating group) is 1. The second-order valence-electron chi connectivity index (χ2n) is 8.39. The minimum Gasteiger partial charge on any atom is -0.368 e. The summed E-state index contributed by atoms with van der Waals surface area (Å²) in [6.07, 6.45) is 2.79. The molecule has 2 N–H and O–H groups in total. The highest BCUT2D eigenvalue weighted by atomic mass is 32.1. The van der Waals surface area contributed by atoms with Crippen LogP contribution in [0.4, 0.5) is 16.9 Å². The van der Waals surface area contributed by atoms with Gasteiger partial charge in [-0.1, -0.05) is 12.1 Å². The van der Waals surface area contributed by atoms with Crippen LogP contribution in [0.15, 0.2) is 40.8 Å². The van der Waals surface area contributed by atoms with Gasteiger partial charge >= 0.3 is 0 Å². The number of fused-ring (bicyclic) bond motifs is 1. The maximum absolute atomic E-state index is 6.11. The number of aromatic nitrogens is 3. The highest BCUT2D eigenvalue weighted by Crippen LogP contribution is 2.28. The van der Waals surface area contributed by atoms with Gasteiger partial charge < -0.3 is 20.4 Å². The fourth-order valence-corrected chi connectivity index (χ4v) is 4.82. The van der Waals surface area contributed by atoms with Crippen LogP contribution in [0, 0.1) is 0 Å². The number of nitrogens with two attached hydrogens (primary N) is 1. The van der Waals surface area contributed by atoms with Crippen LogP contribution in [0.5, 0.6) is 0 Å². The van der Waals surface area contributed by atoms with Crippen molar-refractivity contribution in [2.24, 2.45) is 4.99 Å². The van der Waals surface area contributed by atoms with Crippen LogP contribution >= 0.6 is 11.3 Å². The Morgan fingerprint density at radius 3 is 2.69 bits per heavy atom. The molecule has 2 aliphatic heterocycles. The van der Waals surface area contributed by atoms with E-state index in [9.17, 15) is 0 Å². The number of hydrogen-bond acceptors (Lipinski definition) is 8. The van der Waals surface area contributed by atoms with E-state index in [2.05, 4.69) is 72.9 Å². The van der Waals surface area contributed by atoms with Crippen LogP contribution in [-0.4, -0.2) is 70.4 Å². The van der Waals surface area contributed by atoms with Gasteiger partial charge in [-0.15, -0.1) is 11.3 Å². The number of hydrogen-bond donors (Lipinski definition) is 1. The van der Waals surface area contributed by atoms with Crippen LogP contribution in [0.2, 0.25) is 0 Å². The third kappa shape index (κ3) is 4.44. The summed E-state index contributed by atoms with van der Waals surface area (Å²) >= 11 is 1.56. The molecule has 9 heteroatoms. The summed E-state index contributed by atoms with van der Waals surface area (Å²) in [6, 6.07) is 8.69. The van der Waals surface area contributed by atoms with Crippen molar-refractivity contribution in [1.29, 1.82) is 0 Å². The highest BCUT2D eigenvalue weighted by molar-refractivity contribution is 7.13. The molecule has 0 saturated carbocycles. The molecule has 0 bridgehead atoms. The van der Waals surface area contributed by atoms with Crippen molar-refractivity contribution in [2.75, 3.05) is 50.4 Å². The lowest BCUT2D eigenvalue weighted by molar-refractivity contribution is 0.312. The molecule has 3 aromatic rings. The van der Waals surface area contributed by atoms with E-state index >= 15 is 0 Å². The highest BCUT2D eigenvalue weighted by Gasteiger charge is 2.20. The molecule has 8 nitrogen and oxygen atoms in total. The second kappa shape index (κ2) is 8.84. The van der Waals surface area contributed by atoms with Gasteiger partial charge in [-0.3, -0.25) is 0 Å². The molecule has 0 unspecified atom stereocenters. The van der Waals surface area contributed by atoms with Crippen molar-refractivity contribution in [3.8, 4) is 11.3 Å². The predicted octanol–water partition coefficient (Wildman–Crippen LogP) is 3.04. The van der Waals surface area contributed by atoms with E-state index in [1.807, 2.05) is 5.38 Å². The van der Waals surface area contributed by atoms with E-state index in [0.717, 1.165) is 73.7 Å². The number of piperazine rings is 1. The molecule has 1 saturated heterocycles. The van der Waals surface area contributed by atoms with E-state index in [1.54, 1.807) is 17.5 Å². The third-order valence-corrected chi connectivity index (χ3v) is 6.87. The van der Waals surface area contributed by atoms with Gasteiger partial charge in [-0.25, -0.2) is 15.0 Å². The molecule has 1 fully saturated rings. The first-order valence-corrected chi connectivity index (χ1v) is 11.8. The number of nitrogens with zero attached hydrogens (tertiary/aromatic N) is 7. The molecule has 32 heavy (non-hydrogen) atoms. The number of amidine groups is 1. The zero-order chi connectivity index (χ0) is 22.1. The van der Waals surface area contributed by atoms with Gasteiger partial charge in [0.15, 0.2) is 0 Å². The smallest absolute Gasteiger partial charge is 0.222 e. The van der Waals surface area contributed by atoms with Crippen molar-refractivity contribution in [2.45, 2.75) is 19.9 Å². The molecular weight excluding hydrogens is 420 g/mol. The Kier molecular flexibility index (Phi) is 5.75. The first-order valence-electron chi connectivity index (χ1n) is 10.9. The van der Waals surface area contributed by atoms with Gasteiger partial charge in [0.2, 0.25) is 11.1 Å². The molecule has 0 atom stereocenters. The Morgan fingerprint density at radius 2 is 1.91 bits per heavy atom. The molecule has 0 radical (unpaired) electrons. The van der Waals surface area contributed by atoms with E-state index in [4.69, 9.17) is 5.73 Å². The lowest BCUT2D eigenvalue weighted by atomic mass is 9.96. The SMILES string of the molecule is CC(=Nc1nccs1)N1CCc2ccc(-c3cc(N4CCN(C)CC4)nc(N)n3)cc2C1. The Morgan fingerprint density at radius 1 is 1.06 bits per heavy atom. The van der Waals surface area contributed by atoms with Crippen LogP contribution in [0.3, 0.4) is 0 Å². The lowest BCUT2D eigenvalue weighted by Gasteiger charge is -2.33. The molecular formula is C23H28N8S. The van der Waals surface area contributed by atoms with Gasteiger partial charge in [0.25, 0.3) is 0 Å². The standard InChI is InChI=1S/C23H28N8S/c1-16(26-23-25-6-12-32-23)31-7-5-17-3-4-18(13-19(17)15-31)20-14-21(28-22(24)27-20)30-10-8-29(2)9-11-30/h3-4,6,12-14H,5,7-11,15H2,1-2H3,(H2,24,27,28). The normalized spacial score (nSPS) is 17.5. The zero-order valence-electron chi connectivity index (χ0n) is 18.5. The van der Waals surface area contributed by atoms with Crippen molar-refractivity contribution >= 4 is 34.1 Å². The molecule has 0 aliphatic carbocycles. The van der Waals surface area contributed by atoms with Gasteiger partial charge in [0.1, 0.15) is 11.7 Å². The van der Waals surface area contributed by atoms with Gasteiger partial charge in [-0.05, 0) is 37.6 Å². The number of thiazole rings is 1. The minimum absolute atomic E-state index is 0.321. The van der Waals surface area contributed by atoms with E-state index in [0.29, 0.717) is 5.95 Å². The quantitative estimate of drug-likeness (QED) is 0.487. The fraction of sp³-hybridized carbons (Fsp3) is 0.391. The van der Waals surface area contributed by atoms with E-state index in [-0.39, 0.29) is 0 Å². The second-order valence-corrected chi connectivity index (χ2v) is 9.26. The average Bonchev–Trinajstić information content (AvgIpc) is 3.31. The Bertz CT molecular complexity index is 1120. The predicted molar refractivity (Wildman–Crippen MR) is 131 cm³/mol. The molecule has 166 valence electrons. The summed E-state index contributed by atoms with van der Waals surface area (Å²) < 4.78 is 0. The first-order chi connectivity index (χ1) is 15.5. The van der Waals surface area contributed by atoms with Gasteiger partial charge in [0.05, 0.1) is 5.69 Å². The summed E-state index contributed by atoms with van der Waals surface area (Å²) in [5.74, 6) is 2.23. The maximum atomic E-state index is 6.11. The summed E-state index contributed by atoms with van der Waals surface area (Å²) in [5, 5.41) is 2.75. The fourth-order valence-electron chi connectivity index (χ4n) is 4.27. The molecule has 2 aliphatic rings. The molecule has 5 rings (SSSR count). The molecule has 2 aromatic heterocycles. The van der Waals surface area contributed by atoms with Crippen molar-refractivity contribution in [3.05, 3.63) is 47.0 Å². The number of benzene rings is 1. The van der Waals surface area contributed by atoms with E-state index in [1.165, 1.54) is 11.1 Å². The first kappa shape index (κ1) is 20.8. The molecule has 4 heterocycles. The summed E-state index contributed by atoms with van der Waals surface area (Å²) in [4.78, 5) is 25.0. The maximum Gasteiger partial charge on any atom is 0.222 e. The van der Waals surface area contributed by atoms with Crippen molar-refractivity contribution in [1.82, 2.24) is 24.8 Å². The van der Waals surface area contributed by atoms with Crippen molar-refractivity contribution in [3.63, 3.8) is 0 Å². The number of rotatable bonds is 3. The number of aliphatic imine (C=N–C) groups is 1. The third-order valence-electron chi connectivity index (χ3n) is 6.21. The lowest BCUT2D eigenvalue weighted by Crippen LogP contribution is -2.44. The Labute approximate surface area is 192 Å². The van der Waals surface area contributed by atoms with E-state index < -0.39 is 0 Å². The number of anilines is 2. The number of nitrogen functional groups attached to an aromatic ring is 1. The van der Waals surface area contributed by atoms with Crippen molar-refractivity contribution < 1.29 is 0 Å². The average molecular weight is 449 g/mol. The summed E-state index contributed by atoms with van der Waals surface area (Å²) in [6.45, 7) is 7.79. The molecule has 0 spiro atoms. The van der Waals surface area contributed by atoms with Gasteiger partial charge in [-0.2, -0.15) is 4.98 Å². The molecule has 0 amide bonds. The van der Waals surface area contributed by atoms with Crippen LogP contribution in [-0.2, 0) is 13.0 Å². The van der Waals surface area contributed by atoms with Gasteiger partial charge in [0, 0.05) is 62.5 Å². The Hall–Kier alpha value is -3.04. The summed E-state index contributed by atoms with van der Waals surface area (Å²) in [5.41, 5.74) is 10.7. The van der Waals surface area contributed by atoms with Crippen LogP contribution in [0.1, 0.15) is 18.1 Å². The minimum atomic E-state index is 0.321. The molecule has 1 aromatic carbocycles. The topological polar surface area (TPSA) is 86.8 Å². The van der Waals surface area contributed by atoms with Crippen LogP contribution < -0.4 is 10.6 Å². The van der Waals surface area contributed by atoms with Crippen LogP contribution in [0.25, 0.3) is 11.3 Å². The zero-order valence-corrected chi connectivity index (χ0v) is 19.3. The largest absolute Gasteiger partial charge is 0.368 e. The summed E-state index contributed by atoms with van der Waals surface area (Å²) in [7, 11) is 2.15. The Balaban J connectivity index is 1.40.